The van der Waals surface area contributed by atoms with Crippen molar-refractivity contribution in [2.45, 2.75) is 25.9 Å². The Bertz CT molecular complexity index is 496. The van der Waals surface area contributed by atoms with Crippen LogP contribution in [0.4, 0.5) is 0 Å². The quantitative estimate of drug-likeness (QED) is 0.669. The molecule has 0 aliphatic heterocycles. The Kier molecular flexibility index (Phi) is 5.74. The predicted molar refractivity (Wildman–Crippen MR) is 76.7 cm³/mol. The van der Waals surface area contributed by atoms with Crippen LogP contribution in [-0.4, -0.2) is 31.0 Å². The maximum Gasteiger partial charge on any atom is 0.404 e. The number of hydrogen-bond acceptors (Lipinski definition) is 5. The third kappa shape index (κ3) is 4.04. The van der Waals surface area contributed by atoms with Crippen LogP contribution in [0, 0.1) is 0 Å². The second kappa shape index (κ2) is 6.70. The molecule has 0 spiro atoms. The van der Waals surface area contributed by atoms with Gasteiger partial charge in [-0.25, -0.2) is 9.65 Å². The van der Waals surface area contributed by atoms with E-state index in [-0.39, 0.29) is 18.9 Å². The Balaban J connectivity index is 2.96. The normalized spacial score (nSPS) is 12.7. The molecule has 0 heterocycles. The topological polar surface area (TPSA) is 88.0 Å². The SMILES string of the molecule is COP(=O)(NCC(C)(C)c1cc(CO)ccc1O)OC. The van der Waals surface area contributed by atoms with Crippen molar-refractivity contribution >= 4 is 7.75 Å². The molecule has 0 saturated carbocycles. The van der Waals surface area contributed by atoms with Gasteiger partial charge in [0, 0.05) is 31.7 Å². The molecular weight excluding hydrogens is 281 g/mol. The Morgan fingerprint density at radius 1 is 1.30 bits per heavy atom. The summed E-state index contributed by atoms with van der Waals surface area (Å²) in [4.78, 5) is 0. The molecule has 1 rings (SSSR count). The molecule has 0 unspecified atom stereocenters. The van der Waals surface area contributed by atoms with Gasteiger partial charge in [-0.15, -0.1) is 0 Å². The summed E-state index contributed by atoms with van der Waals surface area (Å²) in [5.74, 6) is 0.124. The smallest absolute Gasteiger partial charge is 0.404 e. The molecule has 0 saturated heterocycles. The van der Waals surface area contributed by atoms with E-state index in [2.05, 4.69) is 5.09 Å². The van der Waals surface area contributed by atoms with Crippen LogP contribution in [0.25, 0.3) is 0 Å². The third-order valence-corrected chi connectivity index (χ3v) is 4.67. The van der Waals surface area contributed by atoms with Crippen molar-refractivity contribution in [1.82, 2.24) is 5.09 Å². The number of rotatable bonds is 7. The number of phenolic OH excluding ortho intramolecular Hbond substituents is 1. The third-order valence-electron chi connectivity index (χ3n) is 3.17. The lowest BCUT2D eigenvalue weighted by molar-refractivity contribution is 0.259. The van der Waals surface area contributed by atoms with Crippen molar-refractivity contribution < 1.29 is 23.8 Å². The van der Waals surface area contributed by atoms with Gasteiger partial charge in [0.15, 0.2) is 0 Å². The summed E-state index contributed by atoms with van der Waals surface area (Å²) in [6.45, 7) is 3.93. The summed E-state index contributed by atoms with van der Waals surface area (Å²) < 4.78 is 21.6. The highest BCUT2D eigenvalue weighted by Crippen LogP contribution is 2.43. The van der Waals surface area contributed by atoms with E-state index >= 15 is 0 Å². The van der Waals surface area contributed by atoms with Crippen LogP contribution >= 0.6 is 7.75 Å². The van der Waals surface area contributed by atoms with Crippen LogP contribution in [0.3, 0.4) is 0 Å². The zero-order chi connectivity index (χ0) is 15.4. The minimum atomic E-state index is -3.31. The van der Waals surface area contributed by atoms with Gasteiger partial charge in [-0.05, 0) is 17.7 Å². The lowest BCUT2D eigenvalue weighted by atomic mass is 9.83. The number of phenols is 1. The number of nitrogens with one attached hydrogen (secondary N) is 1. The van der Waals surface area contributed by atoms with Crippen LogP contribution in [0.5, 0.6) is 5.75 Å². The van der Waals surface area contributed by atoms with Crippen LogP contribution < -0.4 is 5.09 Å². The van der Waals surface area contributed by atoms with Gasteiger partial charge in [0.2, 0.25) is 0 Å². The van der Waals surface area contributed by atoms with Crippen LogP contribution in [-0.2, 0) is 25.6 Å². The van der Waals surface area contributed by atoms with Crippen molar-refractivity contribution in [3.63, 3.8) is 0 Å². The molecular formula is C13H22NO5P. The summed E-state index contributed by atoms with van der Waals surface area (Å²) in [6.07, 6.45) is 0. The molecule has 0 radical (unpaired) electrons. The Morgan fingerprint density at radius 2 is 1.90 bits per heavy atom. The van der Waals surface area contributed by atoms with Crippen molar-refractivity contribution in [3.05, 3.63) is 29.3 Å². The monoisotopic (exact) mass is 303 g/mol. The van der Waals surface area contributed by atoms with E-state index < -0.39 is 13.2 Å². The van der Waals surface area contributed by atoms with E-state index in [0.717, 1.165) is 0 Å². The Morgan fingerprint density at radius 3 is 2.40 bits per heavy atom. The number of benzene rings is 1. The van der Waals surface area contributed by atoms with E-state index in [0.29, 0.717) is 11.1 Å². The Labute approximate surface area is 119 Å². The van der Waals surface area contributed by atoms with E-state index in [1.54, 1.807) is 12.1 Å². The first kappa shape index (κ1) is 17.1. The molecule has 0 aromatic heterocycles. The average Bonchev–Trinajstić information content (AvgIpc) is 2.45. The van der Waals surface area contributed by atoms with Gasteiger partial charge in [0.25, 0.3) is 0 Å². The molecule has 114 valence electrons. The van der Waals surface area contributed by atoms with E-state index in [1.807, 2.05) is 13.8 Å². The first-order valence-electron chi connectivity index (χ1n) is 6.18. The van der Waals surface area contributed by atoms with Crippen molar-refractivity contribution in [3.8, 4) is 5.75 Å². The molecule has 1 aromatic carbocycles. The van der Waals surface area contributed by atoms with Gasteiger partial charge in [-0.2, -0.15) is 0 Å². The molecule has 6 nitrogen and oxygen atoms in total. The molecule has 20 heavy (non-hydrogen) atoms. The molecule has 0 bridgehead atoms. The first-order valence-corrected chi connectivity index (χ1v) is 7.72. The molecule has 7 heteroatoms. The first-order chi connectivity index (χ1) is 9.28. The molecule has 0 amide bonds. The summed E-state index contributed by atoms with van der Waals surface area (Å²) in [5.41, 5.74) is 0.824. The predicted octanol–water partition coefficient (Wildman–Crippen LogP) is 2.15. The van der Waals surface area contributed by atoms with Crippen molar-refractivity contribution in [2.75, 3.05) is 20.8 Å². The largest absolute Gasteiger partial charge is 0.508 e. The molecule has 0 aliphatic rings. The molecule has 3 N–H and O–H groups in total. The van der Waals surface area contributed by atoms with Crippen LogP contribution in [0.2, 0.25) is 0 Å². The van der Waals surface area contributed by atoms with Crippen LogP contribution in [0.1, 0.15) is 25.0 Å². The summed E-state index contributed by atoms with van der Waals surface area (Å²) in [6, 6.07) is 4.91. The van der Waals surface area contributed by atoms with Crippen molar-refractivity contribution in [1.29, 1.82) is 0 Å². The highest BCUT2D eigenvalue weighted by molar-refractivity contribution is 7.51. The second-order valence-corrected chi connectivity index (χ2v) is 7.13. The van der Waals surface area contributed by atoms with E-state index in [9.17, 15) is 14.8 Å². The van der Waals surface area contributed by atoms with Crippen LogP contribution in [0.15, 0.2) is 18.2 Å². The minimum Gasteiger partial charge on any atom is -0.508 e. The lowest BCUT2D eigenvalue weighted by Gasteiger charge is -2.28. The fourth-order valence-electron chi connectivity index (χ4n) is 1.82. The van der Waals surface area contributed by atoms with E-state index in [1.165, 1.54) is 20.3 Å². The van der Waals surface area contributed by atoms with E-state index in [4.69, 9.17) is 9.05 Å². The highest BCUT2D eigenvalue weighted by atomic mass is 31.2. The lowest BCUT2D eigenvalue weighted by Crippen LogP contribution is -2.32. The number of aliphatic hydroxyl groups is 1. The minimum absolute atomic E-state index is 0.106. The van der Waals surface area contributed by atoms with Crippen molar-refractivity contribution in [2.24, 2.45) is 0 Å². The highest BCUT2D eigenvalue weighted by Gasteiger charge is 2.29. The van der Waals surface area contributed by atoms with Gasteiger partial charge in [0.05, 0.1) is 6.61 Å². The number of aliphatic hydroxyl groups excluding tert-OH is 1. The van der Waals surface area contributed by atoms with Gasteiger partial charge < -0.3 is 19.3 Å². The van der Waals surface area contributed by atoms with Gasteiger partial charge in [0.1, 0.15) is 5.75 Å². The number of aromatic hydroxyl groups is 1. The second-order valence-electron chi connectivity index (χ2n) is 5.09. The summed E-state index contributed by atoms with van der Waals surface area (Å²) >= 11 is 0. The Hall–Kier alpha value is -0.910. The molecule has 1 aromatic rings. The molecule has 0 aliphatic carbocycles. The maximum atomic E-state index is 12.0. The average molecular weight is 303 g/mol. The summed E-state index contributed by atoms with van der Waals surface area (Å²) in [7, 11) is -0.713. The number of hydrogen-bond donors (Lipinski definition) is 3. The fraction of sp³-hybridized carbons (Fsp3) is 0.538. The zero-order valence-electron chi connectivity index (χ0n) is 12.2. The molecule has 0 atom stereocenters. The standard InChI is InChI=1S/C13H22NO5P/c1-13(2,9-14-20(17,18-3)19-4)11-7-10(8-15)5-6-12(11)16/h5-7,15-16H,8-9H2,1-4H3,(H,14,17). The fourth-order valence-corrected chi connectivity index (χ4v) is 2.81. The molecule has 0 fully saturated rings. The van der Waals surface area contributed by atoms with Gasteiger partial charge in [-0.1, -0.05) is 19.9 Å². The van der Waals surface area contributed by atoms with Gasteiger partial charge in [-0.3, -0.25) is 0 Å². The summed E-state index contributed by atoms with van der Waals surface area (Å²) in [5, 5.41) is 21.9. The zero-order valence-corrected chi connectivity index (χ0v) is 13.1. The maximum absolute atomic E-state index is 12.0. The van der Waals surface area contributed by atoms with Gasteiger partial charge >= 0.3 is 7.75 Å².